The van der Waals surface area contributed by atoms with E-state index in [9.17, 15) is 9.59 Å². The molecule has 0 aromatic heterocycles. The maximum absolute atomic E-state index is 12.8. The molecule has 142 valence electrons. The summed E-state index contributed by atoms with van der Waals surface area (Å²) in [6.45, 7) is 8.22. The molecule has 1 aliphatic heterocycles. The first-order valence-corrected chi connectivity index (χ1v) is 9.27. The second-order valence-electron chi connectivity index (χ2n) is 7.83. The molecular formula is C22H27N3O2. The van der Waals surface area contributed by atoms with Crippen LogP contribution in [0.1, 0.15) is 31.4 Å². The van der Waals surface area contributed by atoms with E-state index in [1.54, 1.807) is 4.90 Å². The van der Waals surface area contributed by atoms with Crippen LogP contribution in [0.3, 0.4) is 0 Å². The normalized spacial score (nSPS) is 17.1. The zero-order valence-electron chi connectivity index (χ0n) is 16.4. The van der Waals surface area contributed by atoms with Gasteiger partial charge >= 0.3 is 0 Å². The van der Waals surface area contributed by atoms with Crippen LogP contribution >= 0.6 is 0 Å². The Bertz CT molecular complexity index is 826. The maximum atomic E-state index is 12.8. The molecule has 1 aliphatic rings. The van der Waals surface area contributed by atoms with Gasteiger partial charge in [0.05, 0.1) is 6.04 Å². The van der Waals surface area contributed by atoms with Gasteiger partial charge in [0, 0.05) is 24.3 Å². The average Bonchev–Trinajstić information content (AvgIpc) is 2.97. The predicted octanol–water partition coefficient (Wildman–Crippen LogP) is 3.42. The minimum absolute atomic E-state index is 0.0356. The number of amides is 2. The number of hydrogen-bond donors (Lipinski definition) is 2. The van der Waals surface area contributed by atoms with E-state index in [1.165, 1.54) is 5.56 Å². The van der Waals surface area contributed by atoms with Crippen molar-refractivity contribution in [2.24, 2.45) is 0 Å². The van der Waals surface area contributed by atoms with Crippen LogP contribution in [0.2, 0.25) is 0 Å². The van der Waals surface area contributed by atoms with Crippen LogP contribution in [0.25, 0.3) is 0 Å². The first-order chi connectivity index (χ1) is 12.7. The minimum Gasteiger partial charge on any atom is -0.372 e. The van der Waals surface area contributed by atoms with Gasteiger partial charge in [0.2, 0.25) is 11.8 Å². The van der Waals surface area contributed by atoms with Crippen molar-refractivity contribution in [3.8, 4) is 0 Å². The van der Waals surface area contributed by atoms with Crippen molar-refractivity contribution >= 4 is 23.2 Å². The minimum atomic E-state index is -0.782. The van der Waals surface area contributed by atoms with Gasteiger partial charge in [-0.05, 0) is 52.0 Å². The van der Waals surface area contributed by atoms with E-state index < -0.39 is 5.54 Å². The van der Waals surface area contributed by atoms with Gasteiger partial charge in [-0.2, -0.15) is 0 Å². The van der Waals surface area contributed by atoms with Crippen molar-refractivity contribution in [2.45, 2.75) is 45.7 Å². The smallest absolute Gasteiger partial charge is 0.245 e. The monoisotopic (exact) mass is 365 g/mol. The first kappa shape index (κ1) is 19.0. The molecular weight excluding hydrogens is 338 g/mol. The summed E-state index contributed by atoms with van der Waals surface area (Å²) in [6, 6.07) is 15.6. The lowest BCUT2D eigenvalue weighted by atomic mass is 10.0. The molecule has 5 heteroatoms. The van der Waals surface area contributed by atoms with Crippen LogP contribution in [0, 0.1) is 13.8 Å². The van der Waals surface area contributed by atoms with E-state index >= 15 is 0 Å². The van der Waals surface area contributed by atoms with E-state index in [-0.39, 0.29) is 17.9 Å². The fraction of sp³-hybridized carbons (Fsp3) is 0.364. The number of carbonyl (C=O) groups excluding carboxylic acids is 2. The Kier molecular flexibility index (Phi) is 5.22. The molecule has 1 saturated heterocycles. The number of aryl methyl sites for hydroxylation is 2. The van der Waals surface area contributed by atoms with Gasteiger partial charge in [-0.25, -0.2) is 0 Å². The third-order valence-electron chi connectivity index (χ3n) is 4.88. The standard InChI is InChI=1S/C22H27N3O2/c1-15-5-9-17(10-6-15)24-22(3,4)21(27)23-18-13-20(26)25(14-18)19-11-7-16(2)8-12-19/h5-12,18,24H,13-14H2,1-4H3,(H,23,27). The molecule has 1 heterocycles. The molecule has 1 fully saturated rings. The number of carbonyl (C=O) groups is 2. The van der Waals surface area contributed by atoms with Crippen molar-refractivity contribution in [3.63, 3.8) is 0 Å². The SMILES string of the molecule is Cc1ccc(NC(C)(C)C(=O)NC2CC(=O)N(c3ccc(C)cc3)C2)cc1. The molecule has 2 N–H and O–H groups in total. The van der Waals surface area contributed by atoms with Gasteiger partial charge in [0.15, 0.2) is 0 Å². The lowest BCUT2D eigenvalue weighted by Gasteiger charge is -2.28. The summed E-state index contributed by atoms with van der Waals surface area (Å²) in [5.41, 5.74) is 3.31. The van der Waals surface area contributed by atoms with Crippen LogP contribution < -0.4 is 15.5 Å². The molecule has 2 aromatic rings. The number of nitrogens with zero attached hydrogens (tertiary/aromatic N) is 1. The van der Waals surface area contributed by atoms with Gasteiger partial charge in [-0.3, -0.25) is 9.59 Å². The molecule has 27 heavy (non-hydrogen) atoms. The number of rotatable bonds is 5. The molecule has 3 rings (SSSR count). The second-order valence-corrected chi connectivity index (χ2v) is 7.83. The second kappa shape index (κ2) is 7.43. The number of anilines is 2. The summed E-state index contributed by atoms with van der Waals surface area (Å²) in [4.78, 5) is 26.9. The van der Waals surface area contributed by atoms with Gasteiger partial charge < -0.3 is 15.5 Å². The van der Waals surface area contributed by atoms with Crippen molar-refractivity contribution in [1.29, 1.82) is 0 Å². The van der Waals surface area contributed by atoms with Crippen molar-refractivity contribution < 1.29 is 9.59 Å². The van der Waals surface area contributed by atoms with Crippen molar-refractivity contribution in [3.05, 3.63) is 59.7 Å². The fourth-order valence-corrected chi connectivity index (χ4v) is 3.20. The van der Waals surface area contributed by atoms with E-state index in [2.05, 4.69) is 10.6 Å². The molecule has 0 bridgehead atoms. The highest BCUT2D eigenvalue weighted by molar-refractivity contribution is 5.97. The van der Waals surface area contributed by atoms with E-state index in [4.69, 9.17) is 0 Å². The fourth-order valence-electron chi connectivity index (χ4n) is 3.20. The summed E-state index contributed by atoms with van der Waals surface area (Å²) in [7, 11) is 0. The summed E-state index contributed by atoms with van der Waals surface area (Å²) in [5.74, 6) is -0.0833. The highest BCUT2D eigenvalue weighted by Gasteiger charge is 2.35. The molecule has 0 saturated carbocycles. The lowest BCUT2D eigenvalue weighted by molar-refractivity contribution is -0.125. The van der Waals surface area contributed by atoms with Gasteiger partial charge in [0.25, 0.3) is 0 Å². The number of hydrogen-bond acceptors (Lipinski definition) is 3. The highest BCUT2D eigenvalue weighted by atomic mass is 16.2. The molecule has 1 unspecified atom stereocenters. The van der Waals surface area contributed by atoms with E-state index in [1.807, 2.05) is 76.2 Å². The van der Waals surface area contributed by atoms with Crippen LogP contribution in [0.5, 0.6) is 0 Å². The zero-order valence-corrected chi connectivity index (χ0v) is 16.4. The molecule has 5 nitrogen and oxygen atoms in total. The van der Waals surface area contributed by atoms with E-state index in [0.717, 1.165) is 16.9 Å². The van der Waals surface area contributed by atoms with E-state index in [0.29, 0.717) is 13.0 Å². The Morgan fingerprint density at radius 1 is 1.00 bits per heavy atom. The molecule has 2 aromatic carbocycles. The summed E-state index contributed by atoms with van der Waals surface area (Å²) in [6.07, 6.45) is 0.320. The topological polar surface area (TPSA) is 61.4 Å². The maximum Gasteiger partial charge on any atom is 0.245 e. The quantitative estimate of drug-likeness (QED) is 0.853. The van der Waals surface area contributed by atoms with Crippen LogP contribution in [0.4, 0.5) is 11.4 Å². The third kappa shape index (κ3) is 4.48. The van der Waals surface area contributed by atoms with Crippen molar-refractivity contribution in [2.75, 3.05) is 16.8 Å². The average molecular weight is 365 g/mol. The van der Waals surface area contributed by atoms with Crippen LogP contribution in [-0.2, 0) is 9.59 Å². The Hall–Kier alpha value is -2.82. The Labute approximate surface area is 160 Å². The van der Waals surface area contributed by atoms with Crippen LogP contribution in [-0.4, -0.2) is 29.9 Å². The number of nitrogens with one attached hydrogen (secondary N) is 2. The molecule has 2 amide bonds. The summed E-state index contributed by atoms with van der Waals surface area (Å²) < 4.78 is 0. The predicted molar refractivity (Wildman–Crippen MR) is 109 cm³/mol. The molecule has 0 radical (unpaired) electrons. The third-order valence-corrected chi connectivity index (χ3v) is 4.88. The van der Waals surface area contributed by atoms with Gasteiger partial charge in [0.1, 0.15) is 5.54 Å². The van der Waals surface area contributed by atoms with Crippen LogP contribution in [0.15, 0.2) is 48.5 Å². The summed E-state index contributed by atoms with van der Waals surface area (Å²) >= 11 is 0. The summed E-state index contributed by atoms with van der Waals surface area (Å²) in [5, 5.41) is 6.30. The first-order valence-electron chi connectivity index (χ1n) is 9.27. The highest BCUT2D eigenvalue weighted by Crippen LogP contribution is 2.23. The lowest BCUT2D eigenvalue weighted by Crippen LogP contribution is -2.51. The van der Waals surface area contributed by atoms with Gasteiger partial charge in [-0.15, -0.1) is 0 Å². The zero-order chi connectivity index (χ0) is 19.6. The molecule has 1 atom stereocenters. The van der Waals surface area contributed by atoms with Crippen molar-refractivity contribution in [1.82, 2.24) is 5.32 Å². The Balaban J connectivity index is 1.62. The molecule has 0 spiro atoms. The Morgan fingerprint density at radius 2 is 1.56 bits per heavy atom. The Morgan fingerprint density at radius 3 is 2.15 bits per heavy atom. The number of benzene rings is 2. The largest absolute Gasteiger partial charge is 0.372 e. The van der Waals surface area contributed by atoms with Gasteiger partial charge in [-0.1, -0.05) is 35.4 Å². The molecule has 0 aliphatic carbocycles.